The normalized spacial score (nSPS) is 10.6. The molecule has 3 amide bonds. The van der Waals surface area contributed by atoms with Crippen molar-refractivity contribution in [2.24, 2.45) is 0 Å². The number of rotatable bonds is 10. The molecule has 1 heterocycles. The number of nitrogens with zero attached hydrogens (tertiary/aromatic N) is 2. The SMILES string of the molecule is COCCN(CC(=O)N(Cc1ccc(F)cc1)Cc1ccc(C)o1)C(=O)Nc1ccccc1. The molecule has 174 valence electrons. The molecule has 8 heteroatoms. The predicted molar refractivity (Wildman–Crippen MR) is 123 cm³/mol. The van der Waals surface area contributed by atoms with Crippen LogP contribution in [0.1, 0.15) is 17.1 Å². The number of hydrogen-bond acceptors (Lipinski definition) is 4. The Morgan fingerprint density at radius 2 is 1.70 bits per heavy atom. The fourth-order valence-electron chi connectivity index (χ4n) is 3.24. The van der Waals surface area contributed by atoms with Crippen LogP contribution in [-0.4, -0.2) is 48.5 Å². The van der Waals surface area contributed by atoms with Crippen LogP contribution in [0.25, 0.3) is 0 Å². The van der Waals surface area contributed by atoms with E-state index >= 15 is 0 Å². The Kier molecular flexibility index (Phi) is 8.60. The molecule has 7 nitrogen and oxygen atoms in total. The Bertz CT molecular complexity index is 1040. The van der Waals surface area contributed by atoms with Gasteiger partial charge in [-0.15, -0.1) is 0 Å². The van der Waals surface area contributed by atoms with Gasteiger partial charge in [0.1, 0.15) is 23.9 Å². The van der Waals surface area contributed by atoms with Gasteiger partial charge in [-0.3, -0.25) is 4.79 Å². The highest BCUT2D eigenvalue weighted by Gasteiger charge is 2.23. The summed E-state index contributed by atoms with van der Waals surface area (Å²) in [6.45, 7) is 2.68. The second-order valence-electron chi connectivity index (χ2n) is 7.60. The molecule has 3 rings (SSSR count). The fraction of sp³-hybridized carbons (Fsp3) is 0.280. The molecule has 33 heavy (non-hydrogen) atoms. The molecule has 3 aromatic rings. The maximum atomic E-state index is 13.3. The van der Waals surface area contributed by atoms with E-state index in [1.165, 1.54) is 24.1 Å². The van der Waals surface area contributed by atoms with Crippen LogP contribution >= 0.6 is 0 Å². The van der Waals surface area contributed by atoms with Crippen LogP contribution in [0, 0.1) is 12.7 Å². The van der Waals surface area contributed by atoms with Crippen molar-refractivity contribution in [2.45, 2.75) is 20.0 Å². The highest BCUT2D eigenvalue weighted by molar-refractivity contribution is 5.92. The molecule has 0 aliphatic carbocycles. The number of hydrogen-bond donors (Lipinski definition) is 1. The first-order chi connectivity index (χ1) is 15.9. The number of furan rings is 1. The third-order valence-electron chi connectivity index (χ3n) is 4.99. The van der Waals surface area contributed by atoms with E-state index in [-0.39, 0.29) is 44.5 Å². The molecule has 1 aromatic heterocycles. The van der Waals surface area contributed by atoms with Crippen LogP contribution < -0.4 is 5.32 Å². The molecule has 0 atom stereocenters. The average molecular weight is 454 g/mol. The van der Waals surface area contributed by atoms with Gasteiger partial charge < -0.3 is 24.3 Å². The number of halogens is 1. The molecule has 0 saturated heterocycles. The van der Waals surface area contributed by atoms with E-state index in [0.29, 0.717) is 11.4 Å². The Labute approximate surface area is 192 Å². The second-order valence-corrected chi connectivity index (χ2v) is 7.60. The van der Waals surface area contributed by atoms with Gasteiger partial charge in [0.25, 0.3) is 0 Å². The van der Waals surface area contributed by atoms with Crippen LogP contribution in [0.15, 0.2) is 71.1 Å². The van der Waals surface area contributed by atoms with Crippen molar-refractivity contribution < 1.29 is 23.1 Å². The summed E-state index contributed by atoms with van der Waals surface area (Å²) in [7, 11) is 1.54. The number of methoxy groups -OCH3 is 1. The van der Waals surface area contributed by atoms with Gasteiger partial charge in [-0.05, 0) is 48.9 Å². The van der Waals surface area contributed by atoms with Gasteiger partial charge in [0.05, 0.1) is 13.2 Å². The molecule has 1 N–H and O–H groups in total. The molecule has 0 radical (unpaired) electrons. The van der Waals surface area contributed by atoms with E-state index in [2.05, 4.69) is 5.32 Å². The number of carbonyl (C=O) groups is 2. The molecule has 0 bridgehead atoms. The summed E-state index contributed by atoms with van der Waals surface area (Å²) in [6, 6.07) is 18.2. The Balaban J connectivity index is 1.75. The molecule has 0 aliphatic rings. The average Bonchev–Trinajstić information content (AvgIpc) is 3.22. The maximum Gasteiger partial charge on any atom is 0.322 e. The minimum absolute atomic E-state index is 0.150. The molecular weight excluding hydrogens is 425 g/mol. The number of ether oxygens (including phenoxy) is 1. The second kappa shape index (κ2) is 11.8. The molecule has 0 aliphatic heterocycles. The lowest BCUT2D eigenvalue weighted by Crippen LogP contribution is -2.45. The molecule has 0 saturated carbocycles. The van der Waals surface area contributed by atoms with Gasteiger partial charge in [-0.1, -0.05) is 30.3 Å². The zero-order chi connectivity index (χ0) is 23.6. The monoisotopic (exact) mass is 453 g/mol. The molecule has 0 fully saturated rings. The molecule has 0 spiro atoms. The standard InChI is InChI=1S/C25H28FN3O4/c1-19-8-13-23(33-19)17-29(16-20-9-11-21(26)12-10-20)24(30)18-28(14-15-32-2)25(31)27-22-6-4-3-5-7-22/h3-13H,14-18H2,1-2H3,(H,27,31). The predicted octanol–water partition coefficient (Wildman–Crippen LogP) is 4.44. The Morgan fingerprint density at radius 1 is 0.970 bits per heavy atom. The van der Waals surface area contributed by atoms with Gasteiger partial charge in [-0.2, -0.15) is 0 Å². The lowest BCUT2D eigenvalue weighted by Gasteiger charge is -2.27. The van der Waals surface area contributed by atoms with Crippen molar-refractivity contribution in [3.05, 3.63) is 89.6 Å². The van der Waals surface area contributed by atoms with Crippen molar-refractivity contribution in [2.75, 3.05) is 32.1 Å². The zero-order valence-electron chi connectivity index (χ0n) is 18.8. The largest absolute Gasteiger partial charge is 0.464 e. The zero-order valence-corrected chi connectivity index (χ0v) is 18.8. The van der Waals surface area contributed by atoms with Crippen LogP contribution in [0.3, 0.4) is 0 Å². The fourth-order valence-corrected chi connectivity index (χ4v) is 3.24. The van der Waals surface area contributed by atoms with E-state index in [4.69, 9.17) is 9.15 Å². The van der Waals surface area contributed by atoms with Crippen LogP contribution in [0.4, 0.5) is 14.9 Å². The Morgan fingerprint density at radius 3 is 2.33 bits per heavy atom. The molecular formula is C25H28FN3O4. The highest BCUT2D eigenvalue weighted by Crippen LogP contribution is 2.15. The summed E-state index contributed by atoms with van der Waals surface area (Å²) in [5.74, 6) is 0.748. The minimum Gasteiger partial charge on any atom is -0.464 e. The van der Waals surface area contributed by atoms with Crippen LogP contribution in [-0.2, 0) is 22.6 Å². The third-order valence-corrected chi connectivity index (χ3v) is 4.99. The first-order valence-corrected chi connectivity index (χ1v) is 10.6. The smallest absolute Gasteiger partial charge is 0.322 e. The summed E-state index contributed by atoms with van der Waals surface area (Å²) in [6.07, 6.45) is 0. The van der Waals surface area contributed by atoms with E-state index in [0.717, 1.165) is 11.3 Å². The summed E-state index contributed by atoms with van der Waals surface area (Å²) in [5.41, 5.74) is 1.40. The number of anilines is 1. The minimum atomic E-state index is -0.401. The number of benzene rings is 2. The van der Waals surface area contributed by atoms with Gasteiger partial charge in [0.15, 0.2) is 0 Å². The highest BCUT2D eigenvalue weighted by atomic mass is 19.1. The number of amides is 3. The van der Waals surface area contributed by atoms with Crippen molar-refractivity contribution in [3.63, 3.8) is 0 Å². The number of urea groups is 1. The van der Waals surface area contributed by atoms with Gasteiger partial charge in [0.2, 0.25) is 5.91 Å². The van der Waals surface area contributed by atoms with Crippen LogP contribution in [0.5, 0.6) is 0 Å². The topological polar surface area (TPSA) is 75.0 Å². The molecule has 0 unspecified atom stereocenters. The van der Waals surface area contributed by atoms with Crippen molar-refractivity contribution >= 4 is 17.6 Å². The van der Waals surface area contributed by atoms with E-state index in [1.807, 2.05) is 37.3 Å². The molecule has 2 aromatic carbocycles. The Hall–Kier alpha value is -3.65. The van der Waals surface area contributed by atoms with Crippen molar-refractivity contribution in [1.29, 1.82) is 0 Å². The quantitative estimate of drug-likeness (QED) is 0.493. The third kappa shape index (κ3) is 7.47. The van der Waals surface area contributed by atoms with E-state index < -0.39 is 6.03 Å². The number of para-hydroxylation sites is 1. The summed E-state index contributed by atoms with van der Waals surface area (Å²) < 4.78 is 24.1. The summed E-state index contributed by atoms with van der Waals surface area (Å²) in [5, 5.41) is 2.80. The van der Waals surface area contributed by atoms with E-state index in [9.17, 15) is 14.0 Å². The van der Waals surface area contributed by atoms with Gasteiger partial charge >= 0.3 is 6.03 Å². The van der Waals surface area contributed by atoms with E-state index in [1.54, 1.807) is 29.2 Å². The summed E-state index contributed by atoms with van der Waals surface area (Å²) >= 11 is 0. The first-order valence-electron chi connectivity index (χ1n) is 10.6. The first kappa shape index (κ1) is 24.0. The van der Waals surface area contributed by atoms with Gasteiger partial charge in [0, 0.05) is 25.9 Å². The lowest BCUT2D eigenvalue weighted by molar-refractivity contribution is -0.133. The lowest BCUT2D eigenvalue weighted by atomic mass is 10.2. The van der Waals surface area contributed by atoms with Crippen molar-refractivity contribution in [1.82, 2.24) is 9.80 Å². The van der Waals surface area contributed by atoms with Gasteiger partial charge in [-0.25, -0.2) is 9.18 Å². The van der Waals surface area contributed by atoms with Crippen molar-refractivity contribution in [3.8, 4) is 0 Å². The van der Waals surface area contributed by atoms with Crippen LogP contribution in [0.2, 0.25) is 0 Å². The number of aryl methyl sites for hydroxylation is 1. The number of carbonyl (C=O) groups excluding carboxylic acids is 2. The number of nitrogens with one attached hydrogen (secondary N) is 1. The summed E-state index contributed by atoms with van der Waals surface area (Å²) in [4.78, 5) is 29.2. The maximum absolute atomic E-state index is 13.3.